The van der Waals surface area contributed by atoms with E-state index in [0.29, 0.717) is 18.9 Å². The van der Waals surface area contributed by atoms with Crippen molar-refractivity contribution in [2.24, 2.45) is 0 Å². The summed E-state index contributed by atoms with van der Waals surface area (Å²) in [5.74, 6) is 1.48. The fraction of sp³-hybridized carbons (Fsp3) is 0.333. The predicted molar refractivity (Wildman–Crippen MR) is 104 cm³/mol. The van der Waals surface area contributed by atoms with Gasteiger partial charge in [-0.1, -0.05) is 18.2 Å². The van der Waals surface area contributed by atoms with Gasteiger partial charge in [-0.2, -0.15) is 0 Å². The minimum Gasteiger partial charge on any atom is -0.441 e. The zero-order valence-electron chi connectivity index (χ0n) is 14.9. The van der Waals surface area contributed by atoms with Crippen molar-refractivity contribution in [3.05, 3.63) is 63.2 Å². The molecule has 0 saturated carbocycles. The van der Waals surface area contributed by atoms with Gasteiger partial charge in [0, 0.05) is 28.8 Å². The van der Waals surface area contributed by atoms with E-state index in [-0.39, 0.29) is 5.91 Å². The maximum atomic E-state index is 12.5. The van der Waals surface area contributed by atoms with E-state index in [9.17, 15) is 4.79 Å². The summed E-state index contributed by atoms with van der Waals surface area (Å²) in [4.78, 5) is 18.5. The van der Waals surface area contributed by atoms with Gasteiger partial charge in [0.25, 0.3) is 5.91 Å². The summed E-state index contributed by atoms with van der Waals surface area (Å²) < 4.78 is 5.78. The van der Waals surface area contributed by atoms with Gasteiger partial charge in [0.2, 0.25) is 5.89 Å². The van der Waals surface area contributed by atoms with E-state index in [4.69, 9.17) is 4.42 Å². The van der Waals surface area contributed by atoms with Gasteiger partial charge in [0.15, 0.2) is 0 Å². The Balaban J connectivity index is 1.38. The van der Waals surface area contributed by atoms with Crippen LogP contribution in [0.25, 0.3) is 11.5 Å². The van der Waals surface area contributed by atoms with E-state index in [0.717, 1.165) is 35.4 Å². The molecule has 2 heterocycles. The van der Waals surface area contributed by atoms with Crippen LogP contribution in [-0.4, -0.2) is 17.4 Å². The Labute approximate surface area is 157 Å². The number of benzene rings is 1. The molecule has 0 radical (unpaired) electrons. The molecule has 0 aliphatic heterocycles. The number of hydrogen-bond donors (Lipinski definition) is 1. The summed E-state index contributed by atoms with van der Waals surface area (Å²) in [6.07, 6.45) is 5.24. The molecule has 3 aromatic rings. The fourth-order valence-corrected chi connectivity index (χ4v) is 4.56. The van der Waals surface area contributed by atoms with Gasteiger partial charge >= 0.3 is 0 Å². The number of aromatic nitrogens is 1. The molecule has 26 heavy (non-hydrogen) atoms. The van der Waals surface area contributed by atoms with Crippen molar-refractivity contribution in [1.82, 2.24) is 10.3 Å². The zero-order chi connectivity index (χ0) is 17.9. The molecule has 0 spiro atoms. The van der Waals surface area contributed by atoms with E-state index in [1.54, 1.807) is 11.3 Å². The van der Waals surface area contributed by atoms with Crippen molar-refractivity contribution in [3.63, 3.8) is 0 Å². The Morgan fingerprint density at radius 1 is 1.23 bits per heavy atom. The second kappa shape index (κ2) is 7.46. The third kappa shape index (κ3) is 3.44. The Kier molecular flexibility index (Phi) is 4.89. The van der Waals surface area contributed by atoms with Crippen molar-refractivity contribution in [3.8, 4) is 11.5 Å². The Morgan fingerprint density at radius 2 is 2.04 bits per heavy atom. The molecule has 5 heteroatoms. The SMILES string of the molecule is Cc1oc(-c2ccccc2)nc1CCNC(=O)c1csc2c1CCCC2. The summed E-state index contributed by atoms with van der Waals surface area (Å²) in [6.45, 7) is 2.48. The average molecular weight is 366 g/mol. The minimum atomic E-state index is 0.0360. The van der Waals surface area contributed by atoms with Gasteiger partial charge in [-0.25, -0.2) is 4.98 Å². The number of oxazole rings is 1. The first kappa shape index (κ1) is 17.0. The molecule has 4 rings (SSSR count). The highest BCUT2D eigenvalue weighted by atomic mass is 32.1. The number of nitrogens with zero attached hydrogens (tertiary/aromatic N) is 1. The van der Waals surface area contributed by atoms with Crippen LogP contribution in [0, 0.1) is 6.92 Å². The van der Waals surface area contributed by atoms with Crippen molar-refractivity contribution in [1.29, 1.82) is 0 Å². The van der Waals surface area contributed by atoms with Crippen molar-refractivity contribution < 1.29 is 9.21 Å². The molecule has 0 atom stereocenters. The largest absolute Gasteiger partial charge is 0.441 e. The van der Waals surface area contributed by atoms with E-state index in [2.05, 4.69) is 10.3 Å². The summed E-state index contributed by atoms with van der Waals surface area (Å²) in [6, 6.07) is 9.87. The highest BCUT2D eigenvalue weighted by molar-refractivity contribution is 7.10. The van der Waals surface area contributed by atoms with E-state index >= 15 is 0 Å². The van der Waals surface area contributed by atoms with Crippen LogP contribution in [0.5, 0.6) is 0 Å². The smallest absolute Gasteiger partial charge is 0.252 e. The number of rotatable bonds is 5. The molecule has 1 amide bonds. The lowest BCUT2D eigenvalue weighted by atomic mass is 9.95. The summed E-state index contributed by atoms with van der Waals surface area (Å²) in [5, 5.41) is 5.06. The lowest BCUT2D eigenvalue weighted by molar-refractivity contribution is 0.0953. The van der Waals surface area contributed by atoms with Gasteiger partial charge < -0.3 is 9.73 Å². The molecule has 0 saturated heterocycles. The highest BCUT2D eigenvalue weighted by Gasteiger charge is 2.20. The van der Waals surface area contributed by atoms with Crippen LogP contribution in [0.1, 0.15) is 45.1 Å². The molecule has 2 aromatic heterocycles. The van der Waals surface area contributed by atoms with Crippen LogP contribution in [0.3, 0.4) is 0 Å². The number of fused-ring (bicyclic) bond motifs is 1. The third-order valence-corrected chi connectivity index (χ3v) is 5.96. The quantitative estimate of drug-likeness (QED) is 0.720. The number of carbonyl (C=O) groups excluding carboxylic acids is 1. The van der Waals surface area contributed by atoms with Crippen LogP contribution in [0.2, 0.25) is 0 Å². The maximum absolute atomic E-state index is 12.5. The van der Waals surface area contributed by atoms with Gasteiger partial charge in [0.05, 0.1) is 11.3 Å². The maximum Gasteiger partial charge on any atom is 0.252 e. The first-order valence-electron chi connectivity index (χ1n) is 9.11. The second-order valence-electron chi connectivity index (χ2n) is 6.65. The number of amides is 1. The third-order valence-electron chi connectivity index (χ3n) is 4.87. The molecule has 0 fully saturated rings. The highest BCUT2D eigenvalue weighted by Crippen LogP contribution is 2.30. The van der Waals surface area contributed by atoms with E-state index in [1.807, 2.05) is 42.6 Å². The van der Waals surface area contributed by atoms with E-state index < -0.39 is 0 Å². The van der Waals surface area contributed by atoms with Crippen LogP contribution in [-0.2, 0) is 19.3 Å². The first-order chi connectivity index (χ1) is 12.7. The van der Waals surface area contributed by atoms with Crippen LogP contribution >= 0.6 is 11.3 Å². The first-order valence-corrected chi connectivity index (χ1v) is 9.99. The van der Waals surface area contributed by atoms with Gasteiger partial charge in [-0.15, -0.1) is 11.3 Å². The summed E-state index contributed by atoms with van der Waals surface area (Å²) in [5.41, 5.74) is 4.00. The Hall–Kier alpha value is -2.40. The second-order valence-corrected chi connectivity index (χ2v) is 7.62. The number of thiophene rings is 1. The fourth-order valence-electron chi connectivity index (χ4n) is 3.44. The minimum absolute atomic E-state index is 0.0360. The van der Waals surface area contributed by atoms with Gasteiger partial charge in [-0.3, -0.25) is 4.79 Å². The lowest BCUT2D eigenvalue weighted by Crippen LogP contribution is -2.26. The molecule has 1 aliphatic carbocycles. The molecule has 1 aliphatic rings. The topological polar surface area (TPSA) is 55.1 Å². The Morgan fingerprint density at radius 3 is 2.88 bits per heavy atom. The lowest BCUT2D eigenvalue weighted by Gasteiger charge is -2.12. The van der Waals surface area contributed by atoms with Crippen molar-refractivity contribution >= 4 is 17.2 Å². The molecule has 1 aromatic carbocycles. The molecule has 0 bridgehead atoms. The van der Waals surface area contributed by atoms with Crippen LogP contribution < -0.4 is 5.32 Å². The molecule has 4 nitrogen and oxygen atoms in total. The monoisotopic (exact) mass is 366 g/mol. The average Bonchev–Trinajstić information content (AvgIpc) is 3.26. The van der Waals surface area contributed by atoms with Crippen LogP contribution in [0.15, 0.2) is 40.1 Å². The van der Waals surface area contributed by atoms with Crippen molar-refractivity contribution in [2.45, 2.75) is 39.0 Å². The number of carbonyl (C=O) groups is 1. The zero-order valence-corrected chi connectivity index (χ0v) is 15.7. The van der Waals surface area contributed by atoms with Gasteiger partial charge in [-0.05, 0) is 50.3 Å². The Bertz CT molecular complexity index is 911. The molecular formula is C21H22N2O2S. The van der Waals surface area contributed by atoms with Crippen LogP contribution in [0.4, 0.5) is 0 Å². The van der Waals surface area contributed by atoms with Gasteiger partial charge in [0.1, 0.15) is 5.76 Å². The number of hydrogen-bond acceptors (Lipinski definition) is 4. The van der Waals surface area contributed by atoms with E-state index in [1.165, 1.54) is 23.3 Å². The summed E-state index contributed by atoms with van der Waals surface area (Å²) >= 11 is 1.73. The molecule has 0 unspecified atom stereocenters. The number of aryl methyl sites for hydroxylation is 2. The molecule has 134 valence electrons. The number of nitrogens with one attached hydrogen (secondary N) is 1. The molecule has 1 N–H and O–H groups in total. The predicted octanol–water partition coefficient (Wildman–Crippen LogP) is 4.56. The summed E-state index contributed by atoms with van der Waals surface area (Å²) in [7, 11) is 0. The molecular weight excluding hydrogens is 344 g/mol. The van der Waals surface area contributed by atoms with Crippen molar-refractivity contribution in [2.75, 3.05) is 6.54 Å². The standard InChI is InChI=1S/C21H22N2O2S/c1-14-18(23-21(25-14)15-7-3-2-4-8-15)11-12-22-20(24)17-13-26-19-10-6-5-9-16(17)19/h2-4,7-8,13H,5-6,9-12H2,1H3,(H,22,24). The normalized spacial score (nSPS) is 13.4.